The van der Waals surface area contributed by atoms with Gasteiger partial charge in [0.1, 0.15) is 0 Å². The van der Waals surface area contributed by atoms with Gasteiger partial charge in [-0.25, -0.2) is 9.97 Å². The van der Waals surface area contributed by atoms with Crippen LogP contribution >= 0.6 is 0 Å². The Kier molecular flexibility index (Phi) is 8.16. The Morgan fingerprint density at radius 1 is 0.288 bits per heavy atom. The molecule has 4 nitrogen and oxygen atoms in total. The second kappa shape index (κ2) is 13.7. The predicted molar refractivity (Wildman–Crippen MR) is 213 cm³/mol. The van der Waals surface area contributed by atoms with Gasteiger partial charge in [0.15, 0.2) is 5.82 Å². The molecule has 6 aromatic carbocycles. The number of hydrogen-bond donors (Lipinski definition) is 0. The largest absolute Gasteiger partial charge is 0.255 e. The summed E-state index contributed by atoms with van der Waals surface area (Å²) >= 11 is 0. The highest BCUT2D eigenvalue weighted by atomic mass is 14.9. The minimum absolute atomic E-state index is 0.712. The quantitative estimate of drug-likeness (QED) is 0.170. The van der Waals surface area contributed by atoms with Gasteiger partial charge in [-0.2, -0.15) is 0 Å². The number of aromatic nitrogens is 4. The van der Waals surface area contributed by atoms with Crippen LogP contribution in [0.5, 0.6) is 0 Å². The lowest BCUT2D eigenvalue weighted by molar-refractivity contribution is 1.18. The molecule has 0 N–H and O–H groups in total. The molecule has 9 rings (SSSR count). The lowest BCUT2D eigenvalue weighted by atomic mass is 9.92. The molecule has 4 heteroatoms. The Morgan fingerprint density at radius 2 is 0.808 bits per heavy atom. The molecule has 9 aromatic rings. The van der Waals surface area contributed by atoms with Crippen molar-refractivity contribution in [1.82, 2.24) is 19.9 Å². The van der Waals surface area contributed by atoms with E-state index in [1.165, 1.54) is 27.6 Å². The molecule has 0 amide bonds. The lowest BCUT2D eigenvalue weighted by Gasteiger charge is -2.14. The molecular weight excluding hydrogens is 633 g/mol. The zero-order chi connectivity index (χ0) is 34.7. The van der Waals surface area contributed by atoms with Crippen molar-refractivity contribution in [2.45, 2.75) is 0 Å². The molecule has 0 aliphatic carbocycles. The van der Waals surface area contributed by atoms with Gasteiger partial charge < -0.3 is 0 Å². The molecule has 0 aliphatic heterocycles. The van der Waals surface area contributed by atoms with Crippen LogP contribution in [0.1, 0.15) is 0 Å². The van der Waals surface area contributed by atoms with Gasteiger partial charge in [-0.3, -0.25) is 9.97 Å². The van der Waals surface area contributed by atoms with Gasteiger partial charge in [0.2, 0.25) is 0 Å². The maximum atomic E-state index is 5.12. The van der Waals surface area contributed by atoms with E-state index >= 15 is 0 Å². The van der Waals surface area contributed by atoms with E-state index in [-0.39, 0.29) is 0 Å². The molecule has 0 saturated heterocycles. The molecule has 0 bridgehead atoms. The first-order chi connectivity index (χ1) is 25.8. The van der Waals surface area contributed by atoms with E-state index in [0.29, 0.717) is 5.82 Å². The topological polar surface area (TPSA) is 51.6 Å². The molecule has 0 atom stereocenters. The predicted octanol–water partition coefficient (Wildman–Crippen LogP) is 12.1. The van der Waals surface area contributed by atoms with E-state index in [2.05, 4.69) is 131 Å². The smallest absolute Gasteiger partial charge is 0.160 e. The van der Waals surface area contributed by atoms with Gasteiger partial charge in [0.25, 0.3) is 0 Å². The Bertz CT molecular complexity index is 2560. The number of pyridine rings is 2. The Labute approximate surface area is 302 Å². The molecule has 0 spiro atoms. The summed E-state index contributed by atoms with van der Waals surface area (Å²) in [5.41, 5.74) is 13.6. The monoisotopic (exact) mass is 664 g/mol. The Morgan fingerprint density at radius 3 is 1.44 bits per heavy atom. The molecule has 0 fully saturated rings. The third kappa shape index (κ3) is 6.14. The van der Waals surface area contributed by atoms with E-state index in [0.717, 1.165) is 56.0 Å². The van der Waals surface area contributed by atoms with Gasteiger partial charge >= 0.3 is 0 Å². The van der Waals surface area contributed by atoms with E-state index < -0.39 is 0 Å². The molecule has 244 valence electrons. The van der Waals surface area contributed by atoms with Crippen LogP contribution in [-0.2, 0) is 0 Å². The molecular formula is C48H32N4. The fourth-order valence-corrected chi connectivity index (χ4v) is 6.76. The van der Waals surface area contributed by atoms with E-state index in [1.807, 2.05) is 66.9 Å². The van der Waals surface area contributed by atoms with Crippen LogP contribution in [0.2, 0.25) is 0 Å². The van der Waals surface area contributed by atoms with Crippen LogP contribution in [0.4, 0.5) is 0 Å². The number of fused-ring (bicyclic) bond motifs is 1. The summed E-state index contributed by atoms with van der Waals surface area (Å²) in [6.45, 7) is 0. The van der Waals surface area contributed by atoms with Gasteiger partial charge in [0, 0.05) is 34.6 Å². The average Bonchev–Trinajstić information content (AvgIpc) is 3.24. The van der Waals surface area contributed by atoms with Crippen LogP contribution in [0.3, 0.4) is 0 Å². The van der Waals surface area contributed by atoms with Crippen molar-refractivity contribution in [2.75, 3.05) is 0 Å². The first kappa shape index (κ1) is 31.0. The molecule has 3 aromatic heterocycles. The van der Waals surface area contributed by atoms with Crippen molar-refractivity contribution < 1.29 is 0 Å². The van der Waals surface area contributed by atoms with Gasteiger partial charge in [-0.1, -0.05) is 158 Å². The summed E-state index contributed by atoms with van der Waals surface area (Å²) in [6.07, 6.45) is 3.71. The van der Waals surface area contributed by atoms with Crippen molar-refractivity contribution in [3.63, 3.8) is 0 Å². The summed E-state index contributed by atoms with van der Waals surface area (Å²) in [5.74, 6) is 0.712. The van der Waals surface area contributed by atoms with E-state index in [9.17, 15) is 0 Å². The van der Waals surface area contributed by atoms with Gasteiger partial charge in [-0.15, -0.1) is 0 Å². The van der Waals surface area contributed by atoms with E-state index in [4.69, 9.17) is 9.97 Å². The van der Waals surface area contributed by atoms with Crippen molar-refractivity contribution in [3.05, 3.63) is 194 Å². The van der Waals surface area contributed by atoms with Crippen molar-refractivity contribution >= 4 is 10.8 Å². The number of hydrogen-bond acceptors (Lipinski definition) is 4. The second-order valence-electron chi connectivity index (χ2n) is 12.7. The molecule has 0 saturated carbocycles. The highest BCUT2D eigenvalue weighted by Gasteiger charge is 2.15. The third-order valence-electron chi connectivity index (χ3n) is 9.47. The summed E-state index contributed by atoms with van der Waals surface area (Å²) in [5, 5.41) is 2.33. The Hall–Kier alpha value is -7.04. The molecule has 0 radical (unpaired) electrons. The first-order valence-corrected chi connectivity index (χ1v) is 17.4. The maximum Gasteiger partial charge on any atom is 0.160 e. The van der Waals surface area contributed by atoms with Crippen molar-refractivity contribution in [2.24, 2.45) is 0 Å². The normalized spacial score (nSPS) is 11.1. The SMILES string of the molecule is c1ccc(-c2cc(-c3ccc(-c4ccc(-c5ccc(-c6ccc(-c7ccccn7)nc6)cc5)cc4)c4ccccc34)nc(-c3ccccc3)n2)cc1. The fourth-order valence-electron chi connectivity index (χ4n) is 6.76. The summed E-state index contributed by atoms with van der Waals surface area (Å²) < 4.78 is 0. The second-order valence-corrected chi connectivity index (χ2v) is 12.7. The van der Waals surface area contributed by atoms with Crippen molar-refractivity contribution in [3.8, 4) is 78.7 Å². The minimum atomic E-state index is 0.712. The summed E-state index contributed by atoms with van der Waals surface area (Å²) in [6, 6.07) is 63.2. The molecule has 52 heavy (non-hydrogen) atoms. The molecule has 0 aliphatic rings. The fraction of sp³-hybridized carbons (Fsp3) is 0. The minimum Gasteiger partial charge on any atom is -0.255 e. The number of nitrogens with zero attached hydrogens (tertiary/aromatic N) is 4. The van der Waals surface area contributed by atoms with Crippen LogP contribution < -0.4 is 0 Å². The van der Waals surface area contributed by atoms with Crippen LogP contribution in [0.25, 0.3) is 89.4 Å². The summed E-state index contributed by atoms with van der Waals surface area (Å²) in [7, 11) is 0. The highest BCUT2D eigenvalue weighted by Crippen LogP contribution is 2.37. The third-order valence-corrected chi connectivity index (χ3v) is 9.47. The lowest BCUT2D eigenvalue weighted by Crippen LogP contribution is -1.96. The number of rotatable bonds is 7. The van der Waals surface area contributed by atoms with Crippen LogP contribution in [-0.4, -0.2) is 19.9 Å². The zero-order valence-electron chi connectivity index (χ0n) is 28.3. The zero-order valence-corrected chi connectivity index (χ0v) is 28.3. The average molecular weight is 665 g/mol. The molecule has 0 unspecified atom stereocenters. The van der Waals surface area contributed by atoms with E-state index in [1.54, 1.807) is 6.20 Å². The maximum absolute atomic E-state index is 5.12. The molecule has 3 heterocycles. The number of benzene rings is 6. The Balaban J connectivity index is 1.02. The van der Waals surface area contributed by atoms with Crippen molar-refractivity contribution in [1.29, 1.82) is 0 Å². The van der Waals surface area contributed by atoms with Gasteiger partial charge in [-0.05, 0) is 62.9 Å². The first-order valence-electron chi connectivity index (χ1n) is 17.4. The van der Waals surface area contributed by atoms with Crippen LogP contribution in [0.15, 0.2) is 194 Å². The van der Waals surface area contributed by atoms with Crippen LogP contribution in [0, 0.1) is 0 Å². The highest BCUT2D eigenvalue weighted by molar-refractivity contribution is 6.05. The van der Waals surface area contributed by atoms with Gasteiger partial charge in [0.05, 0.1) is 22.8 Å². The summed E-state index contributed by atoms with van der Waals surface area (Å²) in [4.78, 5) is 19.2. The standard InChI is InChI=1S/C48H32N4/c1-3-11-37(12-4-1)46-31-47(52-48(51-46)38-13-5-2-6-14-38)43-28-27-40(41-15-7-8-16-42(41)43)36-24-22-34(23-25-36)33-18-20-35(21-19-33)39-26-29-45(50-32-39)44-17-9-10-30-49-44/h1-32H.